The molecule has 0 atom stereocenters. The van der Waals surface area contributed by atoms with Gasteiger partial charge < -0.3 is 10.5 Å². The summed E-state index contributed by atoms with van der Waals surface area (Å²) in [7, 11) is 0. The summed E-state index contributed by atoms with van der Waals surface area (Å²) >= 11 is 6.02. The maximum absolute atomic E-state index is 6.02. The second-order valence-electron chi connectivity index (χ2n) is 5.23. The van der Waals surface area contributed by atoms with Gasteiger partial charge in [0, 0.05) is 16.3 Å². The van der Waals surface area contributed by atoms with Crippen LogP contribution in [-0.4, -0.2) is 32.9 Å². The molecule has 1 heterocycles. The van der Waals surface area contributed by atoms with Crippen molar-refractivity contribution in [3.63, 3.8) is 0 Å². The predicted molar refractivity (Wildman–Crippen MR) is 80.9 cm³/mol. The number of tetrazole rings is 1. The first-order chi connectivity index (χ1) is 10.2. The summed E-state index contributed by atoms with van der Waals surface area (Å²) in [5.41, 5.74) is 7.33. The van der Waals surface area contributed by atoms with E-state index in [9.17, 15) is 0 Å². The summed E-state index contributed by atoms with van der Waals surface area (Å²) in [6.45, 7) is 1.20. The van der Waals surface area contributed by atoms with Crippen LogP contribution in [0.25, 0.3) is 11.4 Å². The second-order valence-corrected chi connectivity index (χ2v) is 5.67. The number of nitrogen functional groups attached to an aromatic ring is 1. The van der Waals surface area contributed by atoms with Gasteiger partial charge in [-0.05, 0) is 41.5 Å². The van der Waals surface area contributed by atoms with Crippen molar-refractivity contribution in [2.75, 3.05) is 12.3 Å². The molecule has 3 rings (SSSR count). The van der Waals surface area contributed by atoms with E-state index in [1.54, 1.807) is 22.9 Å². The van der Waals surface area contributed by atoms with Gasteiger partial charge >= 0.3 is 0 Å². The largest absolute Gasteiger partial charge is 0.398 e. The molecule has 2 aromatic rings. The van der Waals surface area contributed by atoms with E-state index in [0.29, 0.717) is 35.8 Å². The van der Waals surface area contributed by atoms with Gasteiger partial charge in [0.2, 0.25) is 0 Å². The molecule has 112 valence electrons. The topological polar surface area (TPSA) is 78.9 Å². The zero-order valence-electron chi connectivity index (χ0n) is 11.7. The van der Waals surface area contributed by atoms with Gasteiger partial charge in [0.15, 0.2) is 5.82 Å². The third-order valence-electron chi connectivity index (χ3n) is 3.75. The van der Waals surface area contributed by atoms with Crippen LogP contribution in [0.3, 0.4) is 0 Å². The molecule has 7 heteroatoms. The lowest BCUT2D eigenvalue weighted by Gasteiger charge is -2.11. The Bertz CT molecular complexity index is 609. The molecule has 1 fully saturated rings. The molecule has 0 spiro atoms. The van der Waals surface area contributed by atoms with Gasteiger partial charge in [-0.3, -0.25) is 0 Å². The molecule has 0 bridgehead atoms. The van der Waals surface area contributed by atoms with Gasteiger partial charge in [-0.25, -0.2) is 4.68 Å². The highest BCUT2D eigenvalue weighted by molar-refractivity contribution is 6.31. The lowest BCUT2D eigenvalue weighted by molar-refractivity contribution is 0.0514. The van der Waals surface area contributed by atoms with Crippen LogP contribution in [0.4, 0.5) is 5.69 Å². The average molecular weight is 308 g/mol. The first kappa shape index (κ1) is 14.3. The number of nitrogens with two attached hydrogens (primary N) is 1. The zero-order valence-corrected chi connectivity index (χ0v) is 12.5. The molecular weight excluding hydrogens is 290 g/mol. The number of hydrogen-bond acceptors (Lipinski definition) is 5. The predicted octanol–water partition coefficient (Wildman–Crippen LogP) is 2.53. The van der Waals surface area contributed by atoms with Crippen molar-refractivity contribution in [1.82, 2.24) is 20.2 Å². The summed E-state index contributed by atoms with van der Waals surface area (Å²) in [5.74, 6) is 0.616. The number of aromatic nitrogens is 4. The molecule has 1 saturated carbocycles. The fourth-order valence-corrected chi connectivity index (χ4v) is 2.80. The normalized spacial score (nSPS) is 15.7. The summed E-state index contributed by atoms with van der Waals surface area (Å²) in [5, 5.41) is 12.4. The first-order valence-corrected chi connectivity index (χ1v) is 7.55. The van der Waals surface area contributed by atoms with Gasteiger partial charge in [0.25, 0.3) is 0 Å². The van der Waals surface area contributed by atoms with Crippen LogP contribution in [0.15, 0.2) is 18.2 Å². The standard InChI is InChI=1S/C14H18ClN5O/c15-10-5-6-13(16)12(9-10)14-17-18-19-20(14)7-8-21-11-3-1-2-4-11/h5-6,9,11H,1-4,7-8,16H2. The van der Waals surface area contributed by atoms with E-state index in [1.165, 1.54) is 12.8 Å². The van der Waals surface area contributed by atoms with Crippen LogP contribution in [0.5, 0.6) is 0 Å². The van der Waals surface area contributed by atoms with E-state index in [4.69, 9.17) is 22.1 Å². The quantitative estimate of drug-likeness (QED) is 0.859. The fraction of sp³-hybridized carbons (Fsp3) is 0.500. The van der Waals surface area contributed by atoms with Crippen molar-refractivity contribution in [2.24, 2.45) is 0 Å². The van der Waals surface area contributed by atoms with E-state index in [1.807, 2.05) is 0 Å². The van der Waals surface area contributed by atoms with E-state index < -0.39 is 0 Å². The fourth-order valence-electron chi connectivity index (χ4n) is 2.63. The minimum absolute atomic E-state index is 0.390. The molecule has 1 aromatic heterocycles. The molecule has 0 aliphatic heterocycles. The lowest BCUT2D eigenvalue weighted by Crippen LogP contribution is -2.15. The van der Waals surface area contributed by atoms with Crippen LogP contribution in [0.1, 0.15) is 25.7 Å². The Morgan fingerprint density at radius 2 is 2.14 bits per heavy atom. The van der Waals surface area contributed by atoms with Crippen LogP contribution in [0.2, 0.25) is 5.02 Å². The molecule has 0 saturated heterocycles. The third-order valence-corrected chi connectivity index (χ3v) is 3.98. The van der Waals surface area contributed by atoms with Crippen molar-refractivity contribution in [2.45, 2.75) is 38.3 Å². The van der Waals surface area contributed by atoms with Crippen molar-refractivity contribution >= 4 is 17.3 Å². The highest BCUT2D eigenvalue weighted by Crippen LogP contribution is 2.27. The number of hydrogen-bond donors (Lipinski definition) is 1. The Balaban J connectivity index is 1.69. The molecule has 1 aromatic carbocycles. The van der Waals surface area contributed by atoms with Gasteiger partial charge in [-0.1, -0.05) is 24.4 Å². The Labute approximate surface area is 128 Å². The number of anilines is 1. The van der Waals surface area contributed by atoms with E-state index in [0.717, 1.165) is 18.4 Å². The van der Waals surface area contributed by atoms with Crippen molar-refractivity contribution < 1.29 is 4.74 Å². The third kappa shape index (κ3) is 3.33. The molecule has 21 heavy (non-hydrogen) atoms. The summed E-state index contributed by atoms with van der Waals surface area (Å²) in [4.78, 5) is 0. The molecular formula is C14H18ClN5O. The number of benzene rings is 1. The maximum atomic E-state index is 6.02. The van der Waals surface area contributed by atoms with Crippen LogP contribution >= 0.6 is 11.6 Å². The van der Waals surface area contributed by atoms with Crippen molar-refractivity contribution in [3.05, 3.63) is 23.2 Å². The molecule has 0 radical (unpaired) electrons. The molecule has 2 N–H and O–H groups in total. The highest BCUT2D eigenvalue weighted by atomic mass is 35.5. The molecule has 6 nitrogen and oxygen atoms in total. The van der Waals surface area contributed by atoms with Crippen molar-refractivity contribution in [1.29, 1.82) is 0 Å². The smallest absolute Gasteiger partial charge is 0.184 e. The molecule has 1 aliphatic rings. The molecule has 0 unspecified atom stereocenters. The van der Waals surface area contributed by atoms with Gasteiger partial charge in [0.1, 0.15) is 0 Å². The Morgan fingerprint density at radius 1 is 1.33 bits per heavy atom. The number of halogens is 1. The monoisotopic (exact) mass is 307 g/mol. The van der Waals surface area contributed by atoms with Gasteiger partial charge in [-0.2, -0.15) is 0 Å². The van der Waals surface area contributed by atoms with Crippen LogP contribution in [-0.2, 0) is 11.3 Å². The number of nitrogens with zero attached hydrogens (tertiary/aromatic N) is 4. The summed E-state index contributed by atoms with van der Waals surface area (Å²) in [6.07, 6.45) is 5.23. The SMILES string of the molecule is Nc1ccc(Cl)cc1-c1nnnn1CCOC1CCCC1. The Kier molecular flexibility index (Phi) is 4.36. The molecule has 0 amide bonds. The van der Waals surface area contributed by atoms with Gasteiger partial charge in [-0.15, -0.1) is 5.10 Å². The van der Waals surface area contributed by atoms with Crippen LogP contribution < -0.4 is 5.73 Å². The maximum Gasteiger partial charge on any atom is 0.184 e. The summed E-state index contributed by atoms with van der Waals surface area (Å²) < 4.78 is 7.55. The van der Waals surface area contributed by atoms with E-state index in [-0.39, 0.29) is 0 Å². The highest BCUT2D eigenvalue weighted by Gasteiger charge is 2.16. The Morgan fingerprint density at radius 3 is 2.95 bits per heavy atom. The Hall–Kier alpha value is -1.66. The van der Waals surface area contributed by atoms with Crippen LogP contribution in [0, 0.1) is 0 Å². The lowest BCUT2D eigenvalue weighted by atomic mass is 10.1. The van der Waals surface area contributed by atoms with E-state index >= 15 is 0 Å². The second kappa shape index (κ2) is 6.41. The molecule has 1 aliphatic carbocycles. The van der Waals surface area contributed by atoms with E-state index in [2.05, 4.69) is 15.5 Å². The van der Waals surface area contributed by atoms with Gasteiger partial charge in [0.05, 0.1) is 19.3 Å². The zero-order chi connectivity index (χ0) is 14.7. The summed E-state index contributed by atoms with van der Waals surface area (Å²) in [6, 6.07) is 5.28. The minimum Gasteiger partial charge on any atom is -0.398 e. The number of ether oxygens (including phenoxy) is 1. The van der Waals surface area contributed by atoms with Crippen molar-refractivity contribution in [3.8, 4) is 11.4 Å². The minimum atomic E-state index is 0.390. The first-order valence-electron chi connectivity index (χ1n) is 7.17. The average Bonchev–Trinajstić information content (AvgIpc) is 3.13. The number of rotatable bonds is 5.